The lowest BCUT2D eigenvalue weighted by Gasteiger charge is -2.38. The molecule has 2 atom stereocenters. The monoisotopic (exact) mass is 256 g/mol. The lowest BCUT2D eigenvalue weighted by molar-refractivity contribution is -0.140. The molecule has 1 rings (SSSR count). The molecule has 1 fully saturated rings. The van der Waals surface area contributed by atoms with E-state index >= 15 is 0 Å². The number of rotatable bonds is 5. The summed E-state index contributed by atoms with van der Waals surface area (Å²) in [6.07, 6.45) is 4.55. The molecule has 0 saturated heterocycles. The minimum Gasteiger partial charge on any atom is -0.481 e. The summed E-state index contributed by atoms with van der Waals surface area (Å²) in [5.74, 6) is -1.28. The average Bonchev–Trinajstić information content (AvgIpc) is 2.27. The van der Waals surface area contributed by atoms with E-state index in [-0.39, 0.29) is 24.3 Å². The SMILES string of the molecule is CC(N)C(C)C(=O)NC1(CC(=O)O)CCCCC1. The number of carbonyl (C=O) groups excluding carboxylic acids is 1. The molecule has 0 aromatic rings. The van der Waals surface area contributed by atoms with Gasteiger partial charge in [0.25, 0.3) is 0 Å². The molecule has 0 radical (unpaired) electrons. The largest absolute Gasteiger partial charge is 0.481 e. The Labute approximate surface area is 108 Å². The highest BCUT2D eigenvalue weighted by molar-refractivity contribution is 5.80. The Morgan fingerprint density at radius 3 is 2.28 bits per heavy atom. The molecule has 0 aromatic carbocycles. The molecule has 1 amide bonds. The number of hydrogen-bond donors (Lipinski definition) is 3. The molecule has 0 aromatic heterocycles. The number of carboxylic acids is 1. The highest BCUT2D eigenvalue weighted by Gasteiger charge is 2.37. The summed E-state index contributed by atoms with van der Waals surface area (Å²) in [5.41, 5.74) is 5.14. The molecule has 5 nitrogen and oxygen atoms in total. The molecule has 1 aliphatic rings. The lowest BCUT2D eigenvalue weighted by Crippen LogP contribution is -2.54. The van der Waals surface area contributed by atoms with Crippen LogP contribution in [0.3, 0.4) is 0 Å². The maximum absolute atomic E-state index is 12.1. The Morgan fingerprint density at radius 2 is 1.83 bits per heavy atom. The van der Waals surface area contributed by atoms with Crippen molar-refractivity contribution in [3.05, 3.63) is 0 Å². The van der Waals surface area contributed by atoms with Gasteiger partial charge in [0.05, 0.1) is 12.0 Å². The van der Waals surface area contributed by atoms with Crippen LogP contribution in [-0.2, 0) is 9.59 Å². The van der Waals surface area contributed by atoms with Crippen molar-refractivity contribution in [2.24, 2.45) is 11.7 Å². The molecule has 104 valence electrons. The van der Waals surface area contributed by atoms with Gasteiger partial charge in [-0.1, -0.05) is 26.2 Å². The van der Waals surface area contributed by atoms with Gasteiger partial charge in [0.15, 0.2) is 0 Å². The zero-order chi connectivity index (χ0) is 13.8. The third-order valence-corrected chi connectivity index (χ3v) is 3.89. The van der Waals surface area contributed by atoms with Gasteiger partial charge in [0, 0.05) is 12.0 Å². The van der Waals surface area contributed by atoms with Gasteiger partial charge in [-0.2, -0.15) is 0 Å². The van der Waals surface area contributed by atoms with Crippen molar-refractivity contribution in [1.82, 2.24) is 5.32 Å². The van der Waals surface area contributed by atoms with Gasteiger partial charge in [0.1, 0.15) is 0 Å². The normalized spacial score (nSPS) is 21.9. The van der Waals surface area contributed by atoms with Gasteiger partial charge in [-0.3, -0.25) is 9.59 Å². The van der Waals surface area contributed by atoms with Crippen molar-refractivity contribution in [1.29, 1.82) is 0 Å². The van der Waals surface area contributed by atoms with Crippen LogP contribution < -0.4 is 11.1 Å². The molecular weight excluding hydrogens is 232 g/mol. The maximum atomic E-state index is 12.1. The van der Waals surface area contributed by atoms with Crippen molar-refractivity contribution in [2.75, 3.05) is 0 Å². The van der Waals surface area contributed by atoms with Crippen molar-refractivity contribution in [2.45, 2.75) is 64.0 Å². The van der Waals surface area contributed by atoms with Gasteiger partial charge in [-0.05, 0) is 19.8 Å². The molecule has 0 bridgehead atoms. The van der Waals surface area contributed by atoms with Crippen LogP contribution in [0.1, 0.15) is 52.4 Å². The molecule has 4 N–H and O–H groups in total. The van der Waals surface area contributed by atoms with E-state index in [0.29, 0.717) is 0 Å². The fraction of sp³-hybridized carbons (Fsp3) is 0.846. The molecule has 0 aliphatic heterocycles. The zero-order valence-electron chi connectivity index (χ0n) is 11.2. The highest BCUT2D eigenvalue weighted by Crippen LogP contribution is 2.31. The van der Waals surface area contributed by atoms with Crippen LogP contribution in [-0.4, -0.2) is 28.6 Å². The smallest absolute Gasteiger partial charge is 0.305 e. The van der Waals surface area contributed by atoms with E-state index in [2.05, 4.69) is 5.32 Å². The second-order valence-electron chi connectivity index (χ2n) is 5.55. The third-order valence-electron chi connectivity index (χ3n) is 3.89. The van der Waals surface area contributed by atoms with Crippen LogP contribution >= 0.6 is 0 Å². The van der Waals surface area contributed by atoms with Gasteiger partial charge in [-0.25, -0.2) is 0 Å². The molecule has 18 heavy (non-hydrogen) atoms. The van der Waals surface area contributed by atoms with Gasteiger partial charge < -0.3 is 16.2 Å². The maximum Gasteiger partial charge on any atom is 0.305 e. The summed E-state index contributed by atoms with van der Waals surface area (Å²) < 4.78 is 0. The average molecular weight is 256 g/mol. The lowest BCUT2D eigenvalue weighted by atomic mass is 9.78. The molecule has 1 aliphatic carbocycles. The predicted molar refractivity (Wildman–Crippen MR) is 69.0 cm³/mol. The second kappa shape index (κ2) is 6.18. The Hall–Kier alpha value is -1.10. The third kappa shape index (κ3) is 3.98. The first-order valence-corrected chi connectivity index (χ1v) is 6.66. The standard InChI is InChI=1S/C13H24N2O3/c1-9(10(2)14)12(18)15-13(8-11(16)17)6-4-3-5-7-13/h9-10H,3-8,14H2,1-2H3,(H,15,18)(H,16,17). The van der Waals surface area contributed by atoms with E-state index in [9.17, 15) is 9.59 Å². The number of nitrogens with one attached hydrogen (secondary N) is 1. The van der Waals surface area contributed by atoms with Crippen LogP contribution in [0.5, 0.6) is 0 Å². The topological polar surface area (TPSA) is 92.4 Å². The van der Waals surface area contributed by atoms with E-state index in [1.807, 2.05) is 0 Å². The minimum absolute atomic E-state index is 0.00438. The van der Waals surface area contributed by atoms with Gasteiger partial charge >= 0.3 is 5.97 Å². The Bertz CT molecular complexity index is 309. The van der Waals surface area contributed by atoms with Crippen LogP contribution in [0.25, 0.3) is 0 Å². The Balaban J connectivity index is 2.72. The van der Waals surface area contributed by atoms with Gasteiger partial charge in [0.2, 0.25) is 5.91 Å². The van der Waals surface area contributed by atoms with E-state index < -0.39 is 11.5 Å². The fourth-order valence-electron chi connectivity index (χ4n) is 2.48. The van der Waals surface area contributed by atoms with E-state index in [0.717, 1.165) is 32.1 Å². The first-order chi connectivity index (χ1) is 8.36. The van der Waals surface area contributed by atoms with E-state index in [4.69, 9.17) is 10.8 Å². The highest BCUT2D eigenvalue weighted by atomic mass is 16.4. The summed E-state index contributed by atoms with van der Waals surface area (Å²) in [6.45, 7) is 3.56. The number of nitrogens with two attached hydrogens (primary N) is 1. The zero-order valence-corrected chi connectivity index (χ0v) is 11.2. The second-order valence-corrected chi connectivity index (χ2v) is 5.55. The minimum atomic E-state index is -0.856. The summed E-state index contributed by atoms with van der Waals surface area (Å²) >= 11 is 0. The number of aliphatic carboxylic acids is 1. The number of hydrogen-bond acceptors (Lipinski definition) is 3. The number of carboxylic acid groups (broad SMARTS) is 1. The van der Waals surface area contributed by atoms with Crippen molar-refractivity contribution >= 4 is 11.9 Å². The van der Waals surface area contributed by atoms with Crippen LogP contribution in [0.4, 0.5) is 0 Å². The Kier molecular flexibility index (Phi) is 5.14. The van der Waals surface area contributed by atoms with E-state index in [1.54, 1.807) is 13.8 Å². The molecule has 2 unspecified atom stereocenters. The molecule has 5 heteroatoms. The Morgan fingerprint density at radius 1 is 1.28 bits per heavy atom. The van der Waals surface area contributed by atoms with Crippen LogP contribution in [0.2, 0.25) is 0 Å². The van der Waals surface area contributed by atoms with Crippen molar-refractivity contribution in [3.63, 3.8) is 0 Å². The summed E-state index contributed by atoms with van der Waals surface area (Å²) in [5, 5.41) is 12.0. The molecule has 0 spiro atoms. The molecule has 1 saturated carbocycles. The summed E-state index contributed by atoms with van der Waals surface area (Å²) in [6, 6.07) is -0.226. The van der Waals surface area contributed by atoms with Crippen LogP contribution in [0.15, 0.2) is 0 Å². The fourth-order valence-corrected chi connectivity index (χ4v) is 2.48. The molecular formula is C13H24N2O3. The number of carbonyl (C=O) groups is 2. The first kappa shape index (κ1) is 15.0. The summed E-state index contributed by atoms with van der Waals surface area (Å²) in [4.78, 5) is 23.0. The predicted octanol–water partition coefficient (Wildman–Crippen LogP) is 1.26. The van der Waals surface area contributed by atoms with E-state index in [1.165, 1.54) is 0 Å². The van der Waals surface area contributed by atoms with Crippen molar-refractivity contribution < 1.29 is 14.7 Å². The quantitative estimate of drug-likeness (QED) is 0.690. The van der Waals surface area contributed by atoms with Crippen molar-refractivity contribution in [3.8, 4) is 0 Å². The first-order valence-electron chi connectivity index (χ1n) is 6.66. The van der Waals surface area contributed by atoms with Crippen LogP contribution in [0, 0.1) is 5.92 Å². The molecule has 0 heterocycles. The van der Waals surface area contributed by atoms with Gasteiger partial charge in [-0.15, -0.1) is 0 Å². The summed E-state index contributed by atoms with van der Waals surface area (Å²) in [7, 11) is 0. The number of amides is 1.